The molecule has 0 spiro atoms. The third-order valence-electron chi connectivity index (χ3n) is 2.88. The fourth-order valence-electron chi connectivity index (χ4n) is 2.11. The Morgan fingerprint density at radius 2 is 2.17 bits per heavy atom. The van der Waals surface area contributed by atoms with Gasteiger partial charge < -0.3 is 14.2 Å². The van der Waals surface area contributed by atoms with E-state index < -0.39 is 6.29 Å². The van der Waals surface area contributed by atoms with E-state index in [1.807, 2.05) is 6.07 Å². The number of ether oxygens (including phenoxy) is 3. The average molecular weight is 271 g/mol. The molecule has 18 heavy (non-hydrogen) atoms. The molecule has 0 fully saturated rings. The standard InChI is InChI=1S/C13H15ClO4/c1-16-13(17-2)11(15)7-9-6-10(14)5-8-3-4-18-12(8)9/h5-6,13H,3-4,7H2,1-2H3. The summed E-state index contributed by atoms with van der Waals surface area (Å²) in [6.45, 7) is 0.634. The van der Waals surface area contributed by atoms with Crippen LogP contribution < -0.4 is 4.74 Å². The number of hydrogen-bond acceptors (Lipinski definition) is 4. The summed E-state index contributed by atoms with van der Waals surface area (Å²) in [6, 6.07) is 3.63. The summed E-state index contributed by atoms with van der Waals surface area (Å²) in [5, 5.41) is 0.619. The molecule has 1 aliphatic heterocycles. The van der Waals surface area contributed by atoms with Crippen molar-refractivity contribution in [2.45, 2.75) is 19.1 Å². The second kappa shape index (κ2) is 5.69. The first kappa shape index (κ1) is 13.3. The summed E-state index contributed by atoms with van der Waals surface area (Å²) in [4.78, 5) is 11.9. The lowest BCUT2D eigenvalue weighted by atomic mass is 10.0. The van der Waals surface area contributed by atoms with Gasteiger partial charge in [0.1, 0.15) is 5.75 Å². The maximum absolute atomic E-state index is 11.9. The lowest BCUT2D eigenvalue weighted by Crippen LogP contribution is -2.26. The van der Waals surface area contributed by atoms with Crippen LogP contribution in [0.25, 0.3) is 0 Å². The highest BCUT2D eigenvalue weighted by Crippen LogP contribution is 2.33. The Morgan fingerprint density at radius 1 is 1.44 bits per heavy atom. The van der Waals surface area contributed by atoms with E-state index >= 15 is 0 Å². The number of fused-ring (bicyclic) bond motifs is 1. The van der Waals surface area contributed by atoms with E-state index in [9.17, 15) is 4.79 Å². The number of hydrogen-bond donors (Lipinski definition) is 0. The summed E-state index contributed by atoms with van der Waals surface area (Å²) in [5.41, 5.74) is 1.84. The van der Waals surface area contributed by atoms with Gasteiger partial charge in [-0.25, -0.2) is 0 Å². The predicted octanol–water partition coefficient (Wildman–Crippen LogP) is 2.01. The Labute approximate surface area is 111 Å². The lowest BCUT2D eigenvalue weighted by Gasteiger charge is -2.13. The Bertz CT molecular complexity index is 455. The molecular formula is C13H15ClO4. The quantitative estimate of drug-likeness (QED) is 0.768. The van der Waals surface area contributed by atoms with Crippen molar-refractivity contribution >= 4 is 17.4 Å². The van der Waals surface area contributed by atoms with Crippen molar-refractivity contribution in [3.63, 3.8) is 0 Å². The molecule has 0 aromatic heterocycles. The van der Waals surface area contributed by atoms with Crippen molar-refractivity contribution in [1.82, 2.24) is 0 Å². The molecule has 0 saturated carbocycles. The SMILES string of the molecule is COC(OC)C(=O)Cc1cc(Cl)cc2c1OCC2. The zero-order chi connectivity index (χ0) is 13.1. The molecular weight excluding hydrogens is 256 g/mol. The molecule has 1 aromatic rings. The monoisotopic (exact) mass is 270 g/mol. The van der Waals surface area contributed by atoms with Crippen molar-refractivity contribution in [2.75, 3.05) is 20.8 Å². The number of rotatable bonds is 5. The molecule has 0 saturated heterocycles. The maximum Gasteiger partial charge on any atom is 0.217 e. The Balaban J connectivity index is 2.22. The topological polar surface area (TPSA) is 44.8 Å². The fourth-order valence-corrected chi connectivity index (χ4v) is 2.37. The van der Waals surface area contributed by atoms with Crippen LogP contribution in [0.5, 0.6) is 5.75 Å². The molecule has 98 valence electrons. The van der Waals surface area contributed by atoms with Crippen LogP contribution in [0.2, 0.25) is 5.02 Å². The van der Waals surface area contributed by atoms with Gasteiger partial charge in [0, 0.05) is 37.6 Å². The van der Waals surface area contributed by atoms with Gasteiger partial charge in [-0.3, -0.25) is 4.79 Å². The second-order valence-electron chi connectivity index (χ2n) is 4.10. The molecule has 2 rings (SSSR count). The minimum Gasteiger partial charge on any atom is -0.493 e. The van der Waals surface area contributed by atoms with Crippen LogP contribution in [0.4, 0.5) is 0 Å². The van der Waals surface area contributed by atoms with E-state index in [2.05, 4.69) is 0 Å². The lowest BCUT2D eigenvalue weighted by molar-refractivity contribution is -0.155. The number of halogens is 1. The summed E-state index contributed by atoms with van der Waals surface area (Å²) in [5.74, 6) is 0.624. The normalized spacial score (nSPS) is 13.6. The minimum atomic E-state index is -0.846. The molecule has 0 aliphatic carbocycles. The van der Waals surface area contributed by atoms with Gasteiger partial charge >= 0.3 is 0 Å². The maximum atomic E-state index is 11.9. The zero-order valence-electron chi connectivity index (χ0n) is 10.4. The van der Waals surface area contributed by atoms with E-state index in [1.165, 1.54) is 14.2 Å². The first-order valence-corrected chi connectivity index (χ1v) is 6.06. The van der Waals surface area contributed by atoms with E-state index in [0.717, 1.165) is 23.3 Å². The van der Waals surface area contributed by atoms with Gasteiger partial charge in [0.25, 0.3) is 0 Å². The summed E-state index contributed by atoms with van der Waals surface area (Å²) >= 11 is 6.03. The van der Waals surface area contributed by atoms with E-state index in [4.69, 9.17) is 25.8 Å². The van der Waals surface area contributed by atoms with Gasteiger partial charge in [-0.1, -0.05) is 11.6 Å². The number of carbonyl (C=O) groups excluding carboxylic acids is 1. The Hall–Kier alpha value is -1.10. The predicted molar refractivity (Wildman–Crippen MR) is 67.2 cm³/mol. The van der Waals surface area contributed by atoms with Crippen LogP contribution in [0, 0.1) is 0 Å². The molecule has 5 heteroatoms. The molecule has 0 radical (unpaired) electrons. The molecule has 0 bridgehead atoms. The summed E-state index contributed by atoms with van der Waals surface area (Å²) < 4.78 is 15.4. The summed E-state index contributed by atoms with van der Waals surface area (Å²) in [6.07, 6.45) is 0.172. The number of benzene rings is 1. The molecule has 0 atom stereocenters. The van der Waals surface area contributed by atoms with Gasteiger partial charge in [0.15, 0.2) is 5.78 Å². The van der Waals surface area contributed by atoms with Crippen LogP contribution in [-0.2, 0) is 27.1 Å². The van der Waals surface area contributed by atoms with Gasteiger partial charge in [0.2, 0.25) is 6.29 Å². The van der Waals surface area contributed by atoms with Crippen molar-refractivity contribution in [3.05, 3.63) is 28.3 Å². The molecule has 4 nitrogen and oxygen atoms in total. The van der Waals surface area contributed by atoms with Crippen LogP contribution in [-0.4, -0.2) is 32.9 Å². The van der Waals surface area contributed by atoms with Crippen molar-refractivity contribution in [1.29, 1.82) is 0 Å². The number of methoxy groups -OCH3 is 2. The van der Waals surface area contributed by atoms with Gasteiger partial charge in [-0.05, 0) is 17.7 Å². The van der Waals surface area contributed by atoms with Crippen LogP contribution in [0.3, 0.4) is 0 Å². The Kier molecular flexibility index (Phi) is 4.22. The van der Waals surface area contributed by atoms with Crippen LogP contribution in [0.15, 0.2) is 12.1 Å². The minimum absolute atomic E-state index is 0.153. The summed E-state index contributed by atoms with van der Waals surface area (Å²) in [7, 11) is 2.87. The first-order valence-electron chi connectivity index (χ1n) is 5.68. The van der Waals surface area contributed by atoms with E-state index in [1.54, 1.807) is 6.07 Å². The number of Topliss-reactive ketones (excluding diaryl/α,β-unsaturated/α-hetero) is 1. The molecule has 1 aliphatic rings. The molecule has 0 N–H and O–H groups in total. The first-order chi connectivity index (χ1) is 8.65. The van der Waals surface area contributed by atoms with Crippen molar-refractivity contribution < 1.29 is 19.0 Å². The molecule has 1 aromatic carbocycles. The van der Waals surface area contributed by atoms with Gasteiger partial charge in [-0.15, -0.1) is 0 Å². The van der Waals surface area contributed by atoms with Crippen LogP contribution >= 0.6 is 11.6 Å². The number of ketones is 1. The van der Waals surface area contributed by atoms with E-state index in [-0.39, 0.29) is 12.2 Å². The average Bonchev–Trinajstić information content (AvgIpc) is 2.78. The van der Waals surface area contributed by atoms with Crippen molar-refractivity contribution in [3.8, 4) is 5.75 Å². The number of carbonyl (C=O) groups is 1. The molecule has 0 unspecified atom stereocenters. The van der Waals surface area contributed by atoms with Crippen molar-refractivity contribution in [2.24, 2.45) is 0 Å². The highest BCUT2D eigenvalue weighted by atomic mass is 35.5. The van der Waals surface area contributed by atoms with Gasteiger partial charge in [0.05, 0.1) is 6.61 Å². The highest BCUT2D eigenvalue weighted by molar-refractivity contribution is 6.30. The third kappa shape index (κ3) is 2.66. The second-order valence-corrected chi connectivity index (χ2v) is 4.53. The van der Waals surface area contributed by atoms with E-state index in [0.29, 0.717) is 11.6 Å². The smallest absolute Gasteiger partial charge is 0.217 e. The van der Waals surface area contributed by atoms with Crippen LogP contribution in [0.1, 0.15) is 11.1 Å². The fraction of sp³-hybridized carbons (Fsp3) is 0.462. The zero-order valence-corrected chi connectivity index (χ0v) is 11.1. The molecule has 1 heterocycles. The highest BCUT2D eigenvalue weighted by Gasteiger charge is 2.23. The Morgan fingerprint density at radius 3 is 2.83 bits per heavy atom. The largest absolute Gasteiger partial charge is 0.493 e. The van der Waals surface area contributed by atoms with Gasteiger partial charge in [-0.2, -0.15) is 0 Å². The molecule has 0 amide bonds. The third-order valence-corrected chi connectivity index (χ3v) is 3.10.